The maximum absolute atomic E-state index is 4.30. The van der Waals surface area contributed by atoms with E-state index in [0.717, 1.165) is 25.5 Å². The van der Waals surface area contributed by atoms with Crippen LogP contribution < -0.4 is 4.90 Å². The minimum atomic E-state index is 0.232. The first kappa shape index (κ1) is 13.7. The number of likely N-dealkylation sites (N-methyl/N-ethyl adjacent to an activating group) is 1. The normalized spacial score (nSPS) is 20.5. The number of hydrogen-bond acceptors (Lipinski definition) is 5. The predicted molar refractivity (Wildman–Crippen MR) is 84.6 cm³/mol. The zero-order valence-corrected chi connectivity index (χ0v) is 13.2. The molecule has 0 N–H and O–H groups in total. The Morgan fingerprint density at radius 3 is 2.82 bits per heavy atom. The third kappa shape index (κ3) is 2.37. The number of nitrogens with zero attached hydrogens (tertiary/aromatic N) is 6. The quantitative estimate of drug-likeness (QED) is 0.867. The number of hydrogen-bond donors (Lipinski definition) is 0. The van der Waals surface area contributed by atoms with Crippen LogP contribution in [0.5, 0.6) is 0 Å². The average molecular weight is 298 g/mol. The molecule has 0 bridgehead atoms. The molecule has 2 aliphatic rings. The van der Waals surface area contributed by atoms with Crippen molar-refractivity contribution in [3.63, 3.8) is 0 Å². The van der Waals surface area contributed by atoms with Crippen molar-refractivity contribution in [3.05, 3.63) is 35.7 Å². The Morgan fingerprint density at radius 1 is 1.18 bits per heavy atom. The molecule has 22 heavy (non-hydrogen) atoms. The van der Waals surface area contributed by atoms with Crippen molar-refractivity contribution in [2.24, 2.45) is 0 Å². The molecule has 1 aromatic heterocycles. The second-order valence-electron chi connectivity index (χ2n) is 6.41. The third-order valence-electron chi connectivity index (χ3n) is 4.83. The van der Waals surface area contributed by atoms with Gasteiger partial charge in [-0.3, -0.25) is 4.90 Å². The highest BCUT2D eigenvalue weighted by Gasteiger charge is 2.32. The Bertz CT molecular complexity index is 662. The highest BCUT2D eigenvalue weighted by atomic mass is 15.6. The second kappa shape index (κ2) is 5.35. The van der Waals surface area contributed by atoms with Gasteiger partial charge in [0.1, 0.15) is 0 Å². The molecule has 2 heterocycles. The van der Waals surface area contributed by atoms with Crippen LogP contribution in [0.2, 0.25) is 0 Å². The van der Waals surface area contributed by atoms with Crippen molar-refractivity contribution >= 4 is 5.69 Å². The van der Waals surface area contributed by atoms with Gasteiger partial charge in [-0.1, -0.05) is 18.2 Å². The number of benzene rings is 1. The molecule has 2 aromatic rings. The molecule has 1 aliphatic carbocycles. The van der Waals surface area contributed by atoms with E-state index in [9.17, 15) is 0 Å². The van der Waals surface area contributed by atoms with E-state index in [-0.39, 0.29) is 6.04 Å². The van der Waals surface area contributed by atoms with E-state index in [1.165, 1.54) is 24.1 Å². The van der Waals surface area contributed by atoms with Gasteiger partial charge in [-0.15, -0.1) is 5.10 Å². The van der Waals surface area contributed by atoms with Crippen molar-refractivity contribution in [2.45, 2.75) is 38.4 Å². The van der Waals surface area contributed by atoms with E-state index in [1.807, 2.05) is 4.68 Å². The molecule has 1 saturated carbocycles. The Kier molecular flexibility index (Phi) is 3.33. The van der Waals surface area contributed by atoms with Crippen LogP contribution in [0.15, 0.2) is 24.3 Å². The molecule has 0 saturated heterocycles. The fourth-order valence-electron chi connectivity index (χ4n) is 3.26. The van der Waals surface area contributed by atoms with E-state index >= 15 is 0 Å². The number of tetrazole rings is 1. The summed E-state index contributed by atoms with van der Waals surface area (Å²) >= 11 is 0. The van der Waals surface area contributed by atoms with Crippen LogP contribution in [-0.4, -0.2) is 45.2 Å². The van der Waals surface area contributed by atoms with Crippen molar-refractivity contribution in [3.8, 4) is 0 Å². The third-order valence-corrected chi connectivity index (χ3v) is 4.83. The summed E-state index contributed by atoms with van der Waals surface area (Å²) in [6.07, 6.45) is 2.41. The first-order chi connectivity index (χ1) is 10.7. The summed E-state index contributed by atoms with van der Waals surface area (Å²) in [5.74, 6) is 1.00. The van der Waals surface area contributed by atoms with Crippen LogP contribution in [0.1, 0.15) is 43.2 Å². The lowest BCUT2D eigenvalue weighted by atomic mass is 10.1. The molecule has 1 aliphatic heterocycles. The van der Waals surface area contributed by atoms with Crippen LogP contribution in [0, 0.1) is 0 Å². The maximum atomic E-state index is 4.30. The van der Waals surface area contributed by atoms with E-state index < -0.39 is 0 Å². The van der Waals surface area contributed by atoms with E-state index in [4.69, 9.17) is 0 Å². The highest BCUT2D eigenvalue weighted by Crippen LogP contribution is 2.36. The van der Waals surface area contributed by atoms with Crippen molar-refractivity contribution in [1.82, 2.24) is 25.1 Å². The zero-order valence-electron chi connectivity index (χ0n) is 13.2. The Balaban J connectivity index is 1.61. The Hall–Kier alpha value is -1.95. The largest absolute Gasteiger partial charge is 0.373 e. The van der Waals surface area contributed by atoms with Crippen LogP contribution in [0.3, 0.4) is 0 Å². The number of anilines is 1. The lowest BCUT2D eigenvalue weighted by Crippen LogP contribution is -2.32. The smallest absolute Gasteiger partial charge is 0.168 e. The molecule has 0 spiro atoms. The van der Waals surface area contributed by atoms with E-state index in [0.29, 0.717) is 6.04 Å². The lowest BCUT2D eigenvalue weighted by molar-refractivity contribution is 0.198. The van der Waals surface area contributed by atoms with Crippen molar-refractivity contribution < 1.29 is 0 Å². The van der Waals surface area contributed by atoms with Crippen molar-refractivity contribution in [1.29, 1.82) is 0 Å². The van der Waals surface area contributed by atoms with E-state index in [2.05, 4.69) is 63.6 Å². The molecule has 6 heteroatoms. The van der Waals surface area contributed by atoms with Crippen LogP contribution in [0.4, 0.5) is 5.69 Å². The second-order valence-corrected chi connectivity index (χ2v) is 6.41. The van der Waals surface area contributed by atoms with Gasteiger partial charge < -0.3 is 4.90 Å². The molecule has 1 fully saturated rings. The minimum absolute atomic E-state index is 0.232. The Morgan fingerprint density at radius 2 is 2.00 bits per heavy atom. The molecule has 0 radical (unpaired) electrons. The summed E-state index contributed by atoms with van der Waals surface area (Å²) < 4.78 is 2.03. The number of para-hydroxylation sites is 1. The molecule has 4 rings (SSSR count). The maximum Gasteiger partial charge on any atom is 0.168 e. The lowest BCUT2D eigenvalue weighted by Gasteiger charge is -2.26. The topological polar surface area (TPSA) is 50.1 Å². The number of fused-ring (bicyclic) bond motifs is 1. The van der Waals surface area contributed by atoms with Crippen LogP contribution in [-0.2, 0) is 6.54 Å². The van der Waals surface area contributed by atoms with Gasteiger partial charge in [-0.25, -0.2) is 4.68 Å². The average Bonchev–Trinajstić information content (AvgIpc) is 3.30. The fraction of sp³-hybridized carbons (Fsp3) is 0.562. The highest BCUT2D eigenvalue weighted by molar-refractivity contribution is 5.53. The summed E-state index contributed by atoms with van der Waals surface area (Å²) in [6.45, 7) is 5.20. The van der Waals surface area contributed by atoms with Gasteiger partial charge in [0.2, 0.25) is 0 Å². The number of rotatable bonds is 3. The fourth-order valence-corrected chi connectivity index (χ4v) is 3.26. The molecule has 6 nitrogen and oxygen atoms in total. The molecule has 0 unspecified atom stereocenters. The zero-order chi connectivity index (χ0) is 15.1. The van der Waals surface area contributed by atoms with Gasteiger partial charge in [0, 0.05) is 32.4 Å². The first-order valence-electron chi connectivity index (χ1n) is 8.05. The summed E-state index contributed by atoms with van der Waals surface area (Å²) in [5.41, 5.74) is 2.71. The summed E-state index contributed by atoms with van der Waals surface area (Å²) in [6, 6.07) is 9.42. The van der Waals surface area contributed by atoms with Crippen LogP contribution >= 0.6 is 0 Å². The molecule has 1 atom stereocenters. The molecular weight excluding hydrogens is 276 g/mol. The standard InChI is InChI=1S/C16H22N6/c1-12(16-17-18-19-22(16)14-7-8-14)21-10-9-20(2)15-6-4-3-5-13(15)11-21/h3-6,12,14H,7-11H2,1-2H3/t12-/m0/s1. The monoisotopic (exact) mass is 298 g/mol. The predicted octanol–water partition coefficient (Wildman–Crippen LogP) is 2.02. The van der Waals surface area contributed by atoms with Gasteiger partial charge in [0.05, 0.1) is 12.1 Å². The van der Waals surface area contributed by atoms with Crippen molar-refractivity contribution in [2.75, 3.05) is 25.0 Å². The molecular formula is C16H22N6. The summed E-state index contributed by atoms with van der Waals surface area (Å²) in [7, 11) is 2.17. The van der Waals surface area contributed by atoms with Crippen LogP contribution in [0.25, 0.3) is 0 Å². The molecule has 0 amide bonds. The summed E-state index contributed by atoms with van der Waals surface area (Å²) in [5, 5.41) is 12.4. The SMILES string of the molecule is C[C@@H](c1nnnn1C1CC1)N1CCN(C)c2ccccc2C1. The molecule has 116 valence electrons. The summed E-state index contributed by atoms with van der Waals surface area (Å²) in [4.78, 5) is 4.82. The van der Waals surface area contributed by atoms with Gasteiger partial charge in [-0.05, 0) is 41.8 Å². The minimum Gasteiger partial charge on any atom is -0.373 e. The van der Waals surface area contributed by atoms with Gasteiger partial charge >= 0.3 is 0 Å². The van der Waals surface area contributed by atoms with E-state index in [1.54, 1.807) is 0 Å². The Labute approximate surface area is 130 Å². The number of aromatic nitrogens is 4. The van der Waals surface area contributed by atoms with Gasteiger partial charge in [0.15, 0.2) is 5.82 Å². The van der Waals surface area contributed by atoms with Gasteiger partial charge in [0.25, 0.3) is 0 Å². The molecule has 1 aromatic carbocycles. The first-order valence-corrected chi connectivity index (χ1v) is 8.05. The van der Waals surface area contributed by atoms with Gasteiger partial charge in [-0.2, -0.15) is 0 Å².